The lowest BCUT2D eigenvalue weighted by molar-refractivity contribution is -0.122. The van der Waals surface area contributed by atoms with Gasteiger partial charge in [0.05, 0.1) is 5.69 Å². The smallest absolute Gasteiger partial charge is 0.266 e. The number of nitrogens with zero attached hydrogens (tertiary/aromatic N) is 1. The van der Waals surface area contributed by atoms with E-state index in [2.05, 4.69) is 5.32 Å². The van der Waals surface area contributed by atoms with Gasteiger partial charge in [-0.2, -0.15) is 0 Å². The van der Waals surface area contributed by atoms with E-state index in [9.17, 15) is 9.90 Å². The lowest BCUT2D eigenvalue weighted by atomic mass is 10.1. The molecule has 0 aliphatic carbocycles. The molecule has 0 bridgehead atoms. The van der Waals surface area contributed by atoms with Gasteiger partial charge >= 0.3 is 0 Å². The number of fused-ring (bicyclic) bond motifs is 1. The number of carbonyl (C=O) groups excluding carboxylic acids is 1. The van der Waals surface area contributed by atoms with Crippen molar-refractivity contribution in [3.05, 3.63) is 23.8 Å². The van der Waals surface area contributed by atoms with Crippen LogP contribution in [0.4, 0.5) is 5.69 Å². The normalized spacial score (nSPS) is 14.5. The second-order valence-electron chi connectivity index (χ2n) is 3.91. The number of hydrogen-bond donors (Lipinski definition) is 2. The van der Waals surface area contributed by atoms with Gasteiger partial charge in [0.25, 0.3) is 5.91 Å². The third-order valence-electron chi connectivity index (χ3n) is 2.77. The van der Waals surface area contributed by atoms with Crippen molar-refractivity contribution in [3.63, 3.8) is 0 Å². The van der Waals surface area contributed by atoms with Gasteiger partial charge in [-0.15, -0.1) is 0 Å². The lowest BCUT2D eigenvalue weighted by Gasteiger charge is -2.28. The zero-order valence-corrected chi connectivity index (χ0v) is 9.77. The fourth-order valence-electron chi connectivity index (χ4n) is 1.83. The highest BCUT2D eigenvalue weighted by molar-refractivity contribution is 5.97. The summed E-state index contributed by atoms with van der Waals surface area (Å²) < 4.78 is 5.31. The average molecular weight is 236 g/mol. The second-order valence-corrected chi connectivity index (χ2v) is 3.91. The molecule has 17 heavy (non-hydrogen) atoms. The molecule has 0 radical (unpaired) electrons. The third kappa shape index (κ3) is 2.40. The Morgan fingerprint density at radius 1 is 1.53 bits per heavy atom. The molecule has 1 aliphatic rings. The number of aliphatic hydroxyl groups is 1. The minimum absolute atomic E-state index is 0.0105. The number of amides is 1. The van der Waals surface area contributed by atoms with Gasteiger partial charge in [0.2, 0.25) is 0 Å². The molecule has 0 atom stereocenters. The van der Waals surface area contributed by atoms with Crippen LogP contribution in [0.15, 0.2) is 18.2 Å². The van der Waals surface area contributed by atoms with E-state index >= 15 is 0 Å². The molecule has 0 saturated carbocycles. The highest BCUT2D eigenvalue weighted by Crippen LogP contribution is 2.32. The van der Waals surface area contributed by atoms with Gasteiger partial charge in [-0.3, -0.25) is 9.69 Å². The highest BCUT2D eigenvalue weighted by Gasteiger charge is 2.24. The van der Waals surface area contributed by atoms with E-state index in [1.807, 2.05) is 25.2 Å². The van der Waals surface area contributed by atoms with E-state index in [1.165, 1.54) is 4.90 Å². The summed E-state index contributed by atoms with van der Waals surface area (Å²) in [5.41, 5.74) is 1.76. The molecule has 1 heterocycles. The lowest BCUT2D eigenvalue weighted by Crippen LogP contribution is -2.39. The monoisotopic (exact) mass is 236 g/mol. The van der Waals surface area contributed by atoms with Gasteiger partial charge in [-0.05, 0) is 37.7 Å². The molecular formula is C12H16N2O3. The first-order chi connectivity index (χ1) is 8.26. The maximum Gasteiger partial charge on any atom is 0.266 e. The van der Waals surface area contributed by atoms with E-state index in [4.69, 9.17) is 4.74 Å². The minimum Gasteiger partial charge on any atom is -0.482 e. The molecule has 0 fully saturated rings. The number of anilines is 1. The number of carbonyl (C=O) groups is 1. The van der Waals surface area contributed by atoms with Crippen LogP contribution < -0.4 is 15.0 Å². The van der Waals surface area contributed by atoms with Crippen LogP contribution in [0.1, 0.15) is 5.56 Å². The molecule has 2 rings (SSSR count). The zero-order valence-electron chi connectivity index (χ0n) is 9.77. The predicted molar refractivity (Wildman–Crippen MR) is 64.1 cm³/mol. The van der Waals surface area contributed by atoms with Crippen LogP contribution in [0.3, 0.4) is 0 Å². The number of aliphatic hydroxyl groups excluding tert-OH is 1. The van der Waals surface area contributed by atoms with Crippen LogP contribution in [-0.2, 0) is 11.2 Å². The fraction of sp³-hybridized carbons (Fsp3) is 0.417. The van der Waals surface area contributed by atoms with E-state index < -0.39 is 0 Å². The summed E-state index contributed by atoms with van der Waals surface area (Å²) in [7, 11) is 1.89. The van der Waals surface area contributed by atoms with Crippen molar-refractivity contribution in [1.82, 2.24) is 5.32 Å². The Hall–Kier alpha value is -1.59. The molecule has 5 nitrogen and oxygen atoms in total. The molecule has 1 aromatic rings. The Morgan fingerprint density at radius 3 is 3.06 bits per heavy atom. The molecule has 1 amide bonds. The van der Waals surface area contributed by atoms with Gasteiger partial charge in [-0.25, -0.2) is 0 Å². The molecule has 0 spiro atoms. The molecule has 1 aliphatic heterocycles. The van der Waals surface area contributed by atoms with Crippen LogP contribution in [0.25, 0.3) is 0 Å². The van der Waals surface area contributed by atoms with Crippen LogP contribution in [0, 0.1) is 0 Å². The van der Waals surface area contributed by atoms with Crippen molar-refractivity contribution in [2.75, 3.05) is 31.8 Å². The summed E-state index contributed by atoms with van der Waals surface area (Å²) in [4.78, 5) is 12.9. The Bertz CT molecular complexity index is 420. The van der Waals surface area contributed by atoms with E-state index in [1.54, 1.807) is 0 Å². The van der Waals surface area contributed by atoms with Crippen LogP contribution in [-0.4, -0.2) is 37.9 Å². The van der Waals surface area contributed by atoms with Gasteiger partial charge in [0.15, 0.2) is 6.61 Å². The van der Waals surface area contributed by atoms with Gasteiger partial charge in [0, 0.05) is 0 Å². The predicted octanol–water partition coefficient (Wildman–Crippen LogP) is 0.124. The summed E-state index contributed by atoms with van der Waals surface area (Å²) in [5.74, 6) is 0.428. The van der Waals surface area contributed by atoms with E-state index in [0.29, 0.717) is 11.4 Å². The van der Waals surface area contributed by atoms with Gasteiger partial charge in [-0.1, -0.05) is 6.07 Å². The summed E-state index contributed by atoms with van der Waals surface area (Å²) in [5, 5.41) is 12.3. The van der Waals surface area contributed by atoms with Crippen LogP contribution >= 0.6 is 0 Å². The number of benzene rings is 1. The highest BCUT2D eigenvalue weighted by atomic mass is 16.5. The summed E-state index contributed by atoms with van der Waals surface area (Å²) in [6.45, 7) is 0.542. The molecule has 2 N–H and O–H groups in total. The van der Waals surface area contributed by atoms with Gasteiger partial charge < -0.3 is 15.2 Å². The fourth-order valence-corrected chi connectivity index (χ4v) is 1.83. The maximum atomic E-state index is 11.5. The summed E-state index contributed by atoms with van der Waals surface area (Å²) in [6.07, 6.45) is 0.872. The average Bonchev–Trinajstić information content (AvgIpc) is 2.36. The van der Waals surface area contributed by atoms with Crippen molar-refractivity contribution in [2.45, 2.75) is 6.42 Å². The summed E-state index contributed by atoms with van der Waals surface area (Å²) >= 11 is 0. The topological polar surface area (TPSA) is 61.8 Å². The number of likely N-dealkylation sites (N-methyl/N-ethyl adjacent to an activating group) is 1. The molecule has 92 valence electrons. The Labute approximate surface area is 100.0 Å². The van der Waals surface area contributed by atoms with Crippen molar-refractivity contribution in [3.8, 4) is 5.75 Å². The van der Waals surface area contributed by atoms with E-state index in [-0.39, 0.29) is 19.2 Å². The second kappa shape index (κ2) is 5.16. The number of nitrogens with one attached hydrogen (secondary N) is 1. The number of rotatable bonds is 4. The number of ether oxygens (including phenoxy) is 1. The van der Waals surface area contributed by atoms with Crippen molar-refractivity contribution < 1.29 is 14.6 Å². The quantitative estimate of drug-likeness (QED) is 0.779. The minimum atomic E-state index is -0.315. The first-order valence-corrected chi connectivity index (χ1v) is 5.58. The first kappa shape index (κ1) is 11.9. The van der Waals surface area contributed by atoms with Crippen molar-refractivity contribution in [1.29, 1.82) is 0 Å². The molecule has 5 heteroatoms. The summed E-state index contributed by atoms with van der Waals surface area (Å²) in [6, 6.07) is 5.71. The third-order valence-corrected chi connectivity index (χ3v) is 2.77. The SMILES string of the molecule is CNCCc1ccc2c(c1)N(CO)C(=O)CO2. The molecule has 1 aromatic carbocycles. The Kier molecular flexibility index (Phi) is 3.61. The largest absolute Gasteiger partial charge is 0.482 e. The van der Waals surface area contributed by atoms with Crippen LogP contribution in [0.5, 0.6) is 5.75 Å². The standard InChI is InChI=1S/C12H16N2O3/c1-13-5-4-9-2-3-11-10(6-9)14(8-15)12(16)7-17-11/h2-3,6,13,15H,4-5,7-8H2,1H3. The van der Waals surface area contributed by atoms with Gasteiger partial charge in [0.1, 0.15) is 12.5 Å². The number of hydrogen-bond acceptors (Lipinski definition) is 4. The van der Waals surface area contributed by atoms with Crippen molar-refractivity contribution in [2.24, 2.45) is 0 Å². The zero-order chi connectivity index (χ0) is 12.3. The molecule has 0 aromatic heterocycles. The first-order valence-electron chi connectivity index (χ1n) is 5.58. The maximum absolute atomic E-state index is 11.5. The Balaban J connectivity index is 2.28. The van der Waals surface area contributed by atoms with E-state index in [0.717, 1.165) is 18.5 Å². The molecular weight excluding hydrogens is 220 g/mol. The van der Waals surface area contributed by atoms with Crippen LogP contribution in [0.2, 0.25) is 0 Å². The molecule has 0 saturated heterocycles. The van der Waals surface area contributed by atoms with Crippen molar-refractivity contribution >= 4 is 11.6 Å². The Morgan fingerprint density at radius 2 is 2.35 bits per heavy atom. The molecule has 0 unspecified atom stereocenters.